The van der Waals surface area contributed by atoms with E-state index in [1.54, 1.807) is 24.4 Å². The Morgan fingerprint density at radius 3 is 2.69 bits per heavy atom. The zero-order chi connectivity index (χ0) is 35.8. The third-order valence-corrected chi connectivity index (χ3v) is 12.7. The minimum atomic E-state index is -0.480. The zero-order valence-electron chi connectivity index (χ0n) is 29.1. The molecule has 6 heterocycles. The van der Waals surface area contributed by atoms with Crippen molar-refractivity contribution < 1.29 is 13.9 Å². The van der Waals surface area contributed by atoms with Crippen molar-refractivity contribution in [2.75, 3.05) is 6.54 Å². The summed E-state index contributed by atoms with van der Waals surface area (Å²) >= 11 is 13.1. The smallest absolute Gasteiger partial charge is 0.226 e. The number of nitrogens with zero attached hydrogens (tertiary/aromatic N) is 5. The van der Waals surface area contributed by atoms with Gasteiger partial charge >= 0.3 is 0 Å². The van der Waals surface area contributed by atoms with Crippen LogP contribution in [0.5, 0.6) is 0 Å². The first-order valence-corrected chi connectivity index (χ1v) is 19.1. The van der Waals surface area contributed by atoms with E-state index < -0.39 is 5.82 Å². The molecular weight excluding hydrogens is 698 g/mol. The topological polar surface area (TPSA) is 96.1 Å². The summed E-state index contributed by atoms with van der Waals surface area (Å²) in [6, 6.07) is 17.5. The summed E-state index contributed by atoms with van der Waals surface area (Å²) in [5.74, 6) is 0.154. The molecule has 1 amide bonds. The highest BCUT2D eigenvalue weighted by Gasteiger charge is 2.52. The maximum atomic E-state index is 17.2. The number of benzene rings is 2. The fourth-order valence-corrected chi connectivity index (χ4v) is 9.53. The van der Waals surface area contributed by atoms with E-state index in [0.717, 1.165) is 48.1 Å². The van der Waals surface area contributed by atoms with Crippen molar-refractivity contribution in [1.82, 2.24) is 24.8 Å². The molecule has 5 aromatic rings. The van der Waals surface area contributed by atoms with Crippen LogP contribution in [-0.4, -0.2) is 50.1 Å². The second kappa shape index (κ2) is 13.1. The van der Waals surface area contributed by atoms with E-state index in [4.69, 9.17) is 32.9 Å². The first-order chi connectivity index (χ1) is 25.2. The molecular formula is C41H39Cl2FN6O2. The number of rotatable bonds is 9. The second-order valence-corrected chi connectivity index (χ2v) is 15.7. The molecule has 5 fully saturated rings. The molecule has 3 aliphatic heterocycles. The van der Waals surface area contributed by atoms with E-state index >= 15 is 4.39 Å². The number of nitriles is 1. The molecule has 2 saturated carbocycles. The highest BCUT2D eigenvalue weighted by Crippen LogP contribution is 2.52. The van der Waals surface area contributed by atoms with Crippen LogP contribution in [0.4, 0.5) is 4.39 Å². The van der Waals surface area contributed by atoms with Gasteiger partial charge in [-0.2, -0.15) is 5.26 Å². The van der Waals surface area contributed by atoms with E-state index in [-0.39, 0.29) is 59.1 Å². The van der Waals surface area contributed by atoms with Crippen LogP contribution >= 0.6 is 23.2 Å². The molecule has 0 spiro atoms. The standard InChI is InChI=1S/C41H39Cl2FN6O2/c1-21-28-17-32(33-18-34(52-20-26-8-3-4-14-46-26)22(2)49(33)41(51)23-11-12-23)50(39-25-16-31(39)47-19-25)40(28)29-15-24(7-6-13-45)35(37(44)38(29)48-21)27-9-5-10-30(42)36(27)43/h3-5,8-10,14-15,17,22-23,25,31,33-34,39,47H,6-7,11-12,16,18-20H2,1-2H3. The van der Waals surface area contributed by atoms with Crippen LogP contribution in [0, 0.1) is 35.9 Å². The molecule has 11 heteroatoms. The maximum Gasteiger partial charge on any atom is 0.226 e. The van der Waals surface area contributed by atoms with Gasteiger partial charge in [-0.3, -0.25) is 9.78 Å². The van der Waals surface area contributed by atoms with Crippen molar-refractivity contribution >= 4 is 50.9 Å². The summed E-state index contributed by atoms with van der Waals surface area (Å²) in [6.07, 6.45) is 5.65. The van der Waals surface area contributed by atoms with Gasteiger partial charge in [-0.1, -0.05) is 41.4 Å². The largest absolute Gasteiger partial charge is 0.370 e. The van der Waals surface area contributed by atoms with Gasteiger partial charge in [0, 0.05) is 70.8 Å². The number of halogens is 3. The van der Waals surface area contributed by atoms with Gasteiger partial charge in [-0.05, 0) is 81.3 Å². The summed E-state index contributed by atoms with van der Waals surface area (Å²) in [5, 5.41) is 15.6. The third-order valence-electron chi connectivity index (χ3n) is 11.9. The number of carbonyl (C=O) groups excluding carboxylic acids is 1. The highest BCUT2D eigenvalue weighted by molar-refractivity contribution is 6.43. The molecule has 5 aliphatic rings. The first-order valence-electron chi connectivity index (χ1n) is 18.3. The number of carbonyl (C=O) groups is 1. The molecule has 10 rings (SSSR count). The summed E-state index contributed by atoms with van der Waals surface area (Å²) in [4.78, 5) is 25.6. The van der Waals surface area contributed by atoms with Gasteiger partial charge in [0.05, 0.1) is 58.2 Å². The monoisotopic (exact) mass is 736 g/mol. The van der Waals surface area contributed by atoms with Gasteiger partial charge in [-0.15, -0.1) is 0 Å². The molecule has 6 unspecified atom stereocenters. The Morgan fingerprint density at radius 1 is 1.13 bits per heavy atom. The van der Waals surface area contributed by atoms with Gasteiger partial charge in [0.1, 0.15) is 5.52 Å². The lowest BCUT2D eigenvalue weighted by atomic mass is 9.79. The van der Waals surface area contributed by atoms with Gasteiger partial charge in [0.25, 0.3) is 0 Å². The lowest BCUT2D eigenvalue weighted by Gasteiger charge is -2.39. The number of hydrogen-bond acceptors (Lipinski definition) is 6. The van der Waals surface area contributed by atoms with Crippen molar-refractivity contribution in [2.45, 2.75) is 89.3 Å². The van der Waals surface area contributed by atoms with Crippen molar-refractivity contribution in [3.63, 3.8) is 0 Å². The van der Waals surface area contributed by atoms with Crippen LogP contribution in [0.1, 0.15) is 73.8 Å². The SMILES string of the molecule is Cc1nc2c(F)c(-c3cccc(Cl)c3Cl)c(CCC#N)cc2c2c1cc(C1CC(OCc3ccccn3)C(C)N1C(=O)C1CC1)n2C1C2CNC1C2. The molecule has 2 aromatic carbocycles. The molecule has 3 aromatic heterocycles. The van der Waals surface area contributed by atoms with Gasteiger partial charge < -0.3 is 19.5 Å². The number of fused-ring (bicyclic) bond motifs is 4. The first kappa shape index (κ1) is 33.7. The normalized spacial score (nSPS) is 25.2. The molecule has 2 bridgehead atoms. The number of pyridine rings is 2. The Morgan fingerprint density at radius 2 is 1.98 bits per heavy atom. The third kappa shape index (κ3) is 5.41. The Hall–Kier alpha value is -4.07. The number of amides is 1. The fourth-order valence-electron chi connectivity index (χ4n) is 9.13. The van der Waals surface area contributed by atoms with Crippen molar-refractivity contribution in [2.24, 2.45) is 11.8 Å². The van der Waals surface area contributed by atoms with E-state index in [2.05, 4.69) is 38.8 Å². The number of aromatic nitrogens is 3. The minimum Gasteiger partial charge on any atom is -0.370 e. The lowest BCUT2D eigenvalue weighted by Crippen LogP contribution is -2.43. The van der Waals surface area contributed by atoms with E-state index in [0.29, 0.717) is 58.2 Å². The highest BCUT2D eigenvalue weighted by atomic mass is 35.5. The number of hydrogen-bond donors (Lipinski definition) is 1. The quantitative estimate of drug-likeness (QED) is 0.163. The summed E-state index contributed by atoms with van der Waals surface area (Å²) in [5.41, 5.74) is 5.26. The van der Waals surface area contributed by atoms with Gasteiger partial charge in [0.2, 0.25) is 5.91 Å². The van der Waals surface area contributed by atoms with Gasteiger partial charge in [-0.25, -0.2) is 9.37 Å². The average Bonchev–Trinajstić information content (AvgIpc) is 3.41. The van der Waals surface area contributed by atoms with Crippen molar-refractivity contribution in [1.29, 1.82) is 5.26 Å². The number of aryl methyl sites for hydroxylation is 2. The zero-order valence-corrected chi connectivity index (χ0v) is 30.6. The lowest BCUT2D eigenvalue weighted by molar-refractivity contribution is -0.136. The predicted molar refractivity (Wildman–Crippen MR) is 199 cm³/mol. The Kier molecular flexibility index (Phi) is 8.50. The van der Waals surface area contributed by atoms with Crippen LogP contribution in [0.15, 0.2) is 54.7 Å². The van der Waals surface area contributed by atoms with Crippen LogP contribution < -0.4 is 5.32 Å². The summed E-state index contributed by atoms with van der Waals surface area (Å²) in [7, 11) is 0. The molecule has 52 heavy (non-hydrogen) atoms. The summed E-state index contributed by atoms with van der Waals surface area (Å²) < 4.78 is 26.2. The molecule has 0 radical (unpaired) electrons. The Bertz CT molecular complexity index is 2270. The maximum absolute atomic E-state index is 17.2. The summed E-state index contributed by atoms with van der Waals surface area (Å²) in [6.45, 7) is 5.32. The number of nitrogens with one attached hydrogen (secondary N) is 1. The average molecular weight is 738 g/mol. The molecule has 8 nitrogen and oxygen atoms in total. The van der Waals surface area contributed by atoms with Crippen LogP contribution in [-0.2, 0) is 22.6 Å². The van der Waals surface area contributed by atoms with Crippen LogP contribution in [0.2, 0.25) is 10.0 Å². The van der Waals surface area contributed by atoms with Crippen LogP contribution in [0.25, 0.3) is 32.9 Å². The fraction of sp³-hybridized carbons (Fsp3) is 0.415. The molecule has 266 valence electrons. The van der Waals surface area contributed by atoms with E-state index in [1.807, 2.05) is 31.2 Å². The predicted octanol–water partition coefficient (Wildman–Crippen LogP) is 8.65. The van der Waals surface area contributed by atoms with E-state index in [1.165, 1.54) is 0 Å². The molecule has 1 N–H and O–H groups in total. The number of ether oxygens (including phenoxy) is 1. The Labute approximate surface area is 311 Å². The van der Waals surface area contributed by atoms with Crippen molar-refractivity contribution in [3.05, 3.63) is 93.2 Å². The van der Waals surface area contributed by atoms with Gasteiger partial charge in [0.15, 0.2) is 5.82 Å². The van der Waals surface area contributed by atoms with Crippen molar-refractivity contribution in [3.8, 4) is 17.2 Å². The number of likely N-dealkylation sites (tertiary alicyclic amines) is 1. The molecule has 2 aliphatic carbocycles. The second-order valence-electron chi connectivity index (χ2n) is 15.0. The molecule has 6 atom stereocenters. The van der Waals surface area contributed by atoms with E-state index in [9.17, 15) is 10.1 Å². The molecule has 3 saturated heterocycles. The minimum absolute atomic E-state index is 0.0385. The van der Waals surface area contributed by atoms with Crippen LogP contribution in [0.3, 0.4) is 0 Å². The Balaban J connectivity index is 1.25.